The summed E-state index contributed by atoms with van der Waals surface area (Å²) in [6.45, 7) is 0.483. The summed E-state index contributed by atoms with van der Waals surface area (Å²) >= 11 is 0. The number of carbonyl (C=O) groups excluding carboxylic acids is 1. The van der Waals surface area contributed by atoms with Gasteiger partial charge in [0, 0.05) is 25.4 Å². The lowest BCUT2D eigenvalue weighted by molar-refractivity contribution is 0.242. The van der Waals surface area contributed by atoms with Gasteiger partial charge in [0.2, 0.25) is 0 Å². The van der Waals surface area contributed by atoms with E-state index in [9.17, 15) is 4.79 Å². The summed E-state index contributed by atoms with van der Waals surface area (Å²) in [7, 11) is 1.56. The van der Waals surface area contributed by atoms with Gasteiger partial charge in [0.25, 0.3) is 0 Å². The van der Waals surface area contributed by atoms with Gasteiger partial charge in [-0.25, -0.2) is 10.1 Å². The third kappa shape index (κ3) is 3.55. The number of nitrogens with one attached hydrogen (secondary N) is 1. The fourth-order valence-electron chi connectivity index (χ4n) is 0.897. The molecule has 0 aliphatic rings. The van der Waals surface area contributed by atoms with Crippen molar-refractivity contribution < 1.29 is 4.79 Å². The van der Waals surface area contributed by atoms with Gasteiger partial charge >= 0.3 is 6.03 Å². The summed E-state index contributed by atoms with van der Waals surface area (Å²) in [4.78, 5) is 14.8. The van der Waals surface area contributed by atoms with Crippen molar-refractivity contribution in [3.8, 4) is 0 Å². The van der Waals surface area contributed by atoms with Crippen LogP contribution in [0.4, 0.5) is 4.79 Å². The zero-order valence-electron chi connectivity index (χ0n) is 7.53. The lowest BCUT2D eigenvalue weighted by Crippen LogP contribution is -2.28. The minimum Gasteiger partial charge on any atom is -0.340 e. The van der Waals surface area contributed by atoms with E-state index in [0.717, 1.165) is 5.69 Å². The van der Waals surface area contributed by atoms with Crippen molar-refractivity contribution in [1.82, 2.24) is 15.6 Å². The molecule has 4 heteroatoms. The number of nitrogens with zero attached hydrogens (tertiary/aromatic N) is 2. The number of carbonyl (C=O) groups is 1. The number of amides is 2. The third-order valence-corrected chi connectivity index (χ3v) is 1.56. The summed E-state index contributed by atoms with van der Waals surface area (Å²) in [5.74, 6) is 0. The second-order valence-electron chi connectivity index (χ2n) is 2.51. The highest BCUT2D eigenvalue weighted by Crippen LogP contribution is 1.93. The van der Waals surface area contributed by atoms with Gasteiger partial charge in [0.1, 0.15) is 0 Å². The van der Waals surface area contributed by atoms with Gasteiger partial charge in [-0.15, -0.1) is 0 Å². The zero-order valence-corrected chi connectivity index (χ0v) is 7.53. The molecule has 69 valence electrons. The lowest BCUT2D eigenvalue weighted by atomic mass is 10.3. The number of hydrogen-bond acceptors (Lipinski definition) is 2. The average Bonchev–Trinajstić information content (AvgIpc) is 2.19. The van der Waals surface area contributed by atoms with Crippen molar-refractivity contribution in [2.75, 3.05) is 13.6 Å². The maximum Gasteiger partial charge on any atom is 0.336 e. The van der Waals surface area contributed by atoms with E-state index in [2.05, 4.69) is 15.6 Å². The molecular formula is C9H12N3O. The van der Waals surface area contributed by atoms with Crippen molar-refractivity contribution in [2.24, 2.45) is 0 Å². The molecule has 0 bridgehead atoms. The Balaban J connectivity index is 2.24. The zero-order chi connectivity index (χ0) is 9.52. The lowest BCUT2D eigenvalue weighted by Gasteiger charge is -2.00. The van der Waals surface area contributed by atoms with Crippen LogP contribution in [-0.4, -0.2) is 24.6 Å². The summed E-state index contributed by atoms with van der Waals surface area (Å²) in [6.07, 6.45) is 2.43. The van der Waals surface area contributed by atoms with Crippen LogP contribution < -0.4 is 10.6 Å². The largest absolute Gasteiger partial charge is 0.340 e. The Hall–Kier alpha value is -1.58. The Morgan fingerprint density at radius 1 is 1.62 bits per heavy atom. The van der Waals surface area contributed by atoms with Crippen LogP contribution >= 0.6 is 0 Å². The molecule has 0 unspecified atom stereocenters. The van der Waals surface area contributed by atoms with Crippen molar-refractivity contribution in [3.05, 3.63) is 30.1 Å². The highest BCUT2D eigenvalue weighted by atomic mass is 16.2. The molecule has 0 saturated carbocycles. The molecule has 0 fully saturated rings. The van der Waals surface area contributed by atoms with Crippen molar-refractivity contribution in [2.45, 2.75) is 6.42 Å². The van der Waals surface area contributed by atoms with Crippen molar-refractivity contribution in [3.63, 3.8) is 0 Å². The topological polar surface area (TPSA) is 56.1 Å². The molecule has 2 amide bonds. The van der Waals surface area contributed by atoms with Crippen LogP contribution in [0, 0.1) is 0 Å². The van der Waals surface area contributed by atoms with Crippen LogP contribution in [0.2, 0.25) is 0 Å². The first-order chi connectivity index (χ1) is 6.33. The molecule has 1 aromatic heterocycles. The van der Waals surface area contributed by atoms with Gasteiger partial charge in [0.05, 0.1) is 6.54 Å². The minimum absolute atomic E-state index is 0.282. The van der Waals surface area contributed by atoms with E-state index in [1.807, 2.05) is 18.2 Å². The van der Waals surface area contributed by atoms with Gasteiger partial charge in [-0.05, 0) is 12.1 Å². The second-order valence-corrected chi connectivity index (χ2v) is 2.51. The first-order valence-corrected chi connectivity index (χ1v) is 4.12. The number of aromatic nitrogens is 1. The number of hydrogen-bond donors (Lipinski definition) is 1. The Labute approximate surface area is 77.4 Å². The van der Waals surface area contributed by atoms with Gasteiger partial charge in [-0.1, -0.05) is 6.07 Å². The van der Waals surface area contributed by atoms with E-state index < -0.39 is 0 Å². The highest BCUT2D eigenvalue weighted by Gasteiger charge is 1.98. The van der Waals surface area contributed by atoms with Crippen LogP contribution in [0.1, 0.15) is 5.69 Å². The third-order valence-electron chi connectivity index (χ3n) is 1.56. The average molecular weight is 178 g/mol. The second kappa shape index (κ2) is 5.13. The van der Waals surface area contributed by atoms with Crippen LogP contribution in [0.25, 0.3) is 0 Å². The van der Waals surface area contributed by atoms with Crippen LogP contribution in [-0.2, 0) is 6.42 Å². The Bertz CT molecular complexity index is 261. The quantitative estimate of drug-likeness (QED) is 0.735. The first-order valence-electron chi connectivity index (χ1n) is 4.12. The Morgan fingerprint density at radius 2 is 2.46 bits per heavy atom. The standard InChI is InChI=1S/C9H12N3O/c1-10-9(13)12-7-5-8-4-2-3-6-11-8/h2-4,6H,5,7H2,1H3,(H,10,13). The number of urea groups is 1. The summed E-state index contributed by atoms with van der Waals surface area (Å²) in [6, 6.07) is 5.41. The molecule has 1 aromatic rings. The molecule has 0 aliphatic heterocycles. The van der Waals surface area contributed by atoms with E-state index in [4.69, 9.17) is 0 Å². The van der Waals surface area contributed by atoms with E-state index in [-0.39, 0.29) is 6.03 Å². The van der Waals surface area contributed by atoms with E-state index in [1.165, 1.54) is 0 Å². The smallest absolute Gasteiger partial charge is 0.336 e. The SMILES string of the molecule is CNC(=O)[N]CCc1ccccn1. The molecule has 13 heavy (non-hydrogen) atoms. The maximum absolute atomic E-state index is 10.7. The molecule has 0 atom stereocenters. The van der Waals surface area contributed by atoms with Gasteiger partial charge in [0.15, 0.2) is 0 Å². The fourth-order valence-corrected chi connectivity index (χ4v) is 0.897. The van der Waals surface area contributed by atoms with E-state index in [0.29, 0.717) is 13.0 Å². The maximum atomic E-state index is 10.7. The molecule has 0 aliphatic carbocycles. The minimum atomic E-state index is -0.282. The summed E-state index contributed by atoms with van der Waals surface area (Å²) < 4.78 is 0. The normalized spacial score (nSPS) is 9.31. The molecule has 1 rings (SSSR count). The summed E-state index contributed by atoms with van der Waals surface area (Å²) in [5.41, 5.74) is 0.954. The summed E-state index contributed by atoms with van der Waals surface area (Å²) in [5, 5.41) is 6.17. The number of pyridine rings is 1. The Kier molecular flexibility index (Phi) is 3.75. The highest BCUT2D eigenvalue weighted by molar-refractivity contribution is 5.73. The van der Waals surface area contributed by atoms with Gasteiger partial charge in [-0.2, -0.15) is 0 Å². The molecule has 1 N–H and O–H groups in total. The predicted octanol–water partition coefficient (Wildman–Crippen LogP) is 0.568. The molecular weight excluding hydrogens is 166 g/mol. The molecule has 1 heterocycles. The predicted molar refractivity (Wildman–Crippen MR) is 49.4 cm³/mol. The van der Waals surface area contributed by atoms with E-state index >= 15 is 0 Å². The number of rotatable bonds is 3. The first kappa shape index (κ1) is 9.51. The van der Waals surface area contributed by atoms with Crippen LogP contribution in [0.5, 0.6) is 0 Å². The molecule has 0 spiro atoms. The molecule has 1 radical (unpaired) electrons. The van der Waals surface area contributed by atoms with Crippen LogP contribution in [0.15, 0.2) is 24.4 Å². The van der Waals surface area contributed by atoms with Gasteiger partial charge < -0.3 is 5.32 Å². The monoisotopic (exact) mass is 178 g/mol. The van der Waals surface area contributed by atoms with Crippen LogP contribution in [0.3, 0.4) is 0 Å². The molecule has 0 aromatic carbocycles. The van der Waals surface area contributed by atoms with E-state index in [1.54, 1.807) is 13.2 Å². The van der Waals surface area contributed by atoms with Crippen molar-refractivity contribution in [1.29, 1.82) is 0 Å². The van der Waals surface area contributed by atoms with Gasteiger partial charge in [-0.3, -0.25) is 4.98 Å². The molecule has 4 nitrogen and oxygen atoms in total. The fraction of sp³-hybridized carbons (Fsp3) is 0.333. The molecule has 0 saturated heterocycles. The Morgan fingerprint density at radius 3 is 3.08 bits per heavy atom. The van der Waals surface area contributed by atoms with Crippen molar-refractivity contribution >= 4 is 6.03 Å².